The molecule has 8 heteroatoms. The van der Waals surface area contributed by atoms with Gasteiger partial charge < -0.3 is 24.8 Å². The second kappa shape index (κ2) is 7.83. The lowest BCUT2D eigenvalue weighted by Crippen LogP contribution is -2.13. The largest absolute Gasteiger partial charge is 0.497 e. The lowest BCUT2D eigenvalue weighted by atomic mass is 10.2. The molecule has 2 aromatic carbocycles. The van der Waals surface area contributed by atoms with Gasteiger partial charge in [-0.3, -0.25) is 4.79 Å². The van der Waals surface area contributed by atoms with Gasteiger partial charge in [-0.05, 0) is 48.0 Å². The number of ether oxygens (including phenoxy) is 3. The summed E-state index contributed by atoms with van der Waals surface area (Å²) in [5, 5.41) is 14.0. The number of carbonyl (C=O) groups is 1. The van der Waals surface area contributed by atoms with E-state index in [1.54, 1.807) is 43.5 Å². The highest BCUT2D eigenvalue weighted by atomic mass is 16.7. The van der Waals surface area contributed by atoms with Crippen LogP contribution in [0.15, 0.2) is 54.6 Å². The van der Waals surface area contributed by atoms with Gasteiger partial charge in [-0.25, -0.2) is 0 Å². The minimum atomic E-state index is -0.283. The van der Waals surface area contributed by atoms with Crippen LogP contribution < -0.4 is 24.8 Å². The summed E-state index contributed by atoms with van der Waals surface area (Å²) in [6.45, 7) is 0.807. The van der Waals surface area contributed by atoms with Gasteiger partial charge in [0, 0.05) is 12.1 Å². The monoisotopic (exact) mass is 378 g/mol. The predicted molar refractivity (Wildman–Crippen MR) is 103 cm³/mol. The van der Waals surface area contributed by atoms with Gasteiger partial charge in [0.25, 0.3) is 5.91 Å². The van der Waals surface area contributed by atoms with Crippen LogP contribution in [0, 0.1) is 0 Å². The smallest absolute Gasteiger partial charge is 0.256 e. The summed E-state index contributed by atoms with van der Waals surface area (Å²) in [4.78, 5) is 12.3. The Morgan fingerprint density at radius 1 is 1.04 bits per heavy atom. The molecule has 2 heterocycles. The quantitative estimate of drug-likeness (QED) is 0.681. The molecule has 1 aliphatic rings. The Morgan fingerprint density at radius 2 is 1.86 bits per heavy atom. The van der Waals surface area contributed by atoms with Gasteiger partial charge in [0.15, 0.2) is 17.3 Å². The average molecular weight is 378 g/mol. The number of nitrogens with one attached hydrogen (secondary N) is 2. The zero-order chi connectivity index (χ0) is 19.3. The third kappa shape index (κ3) is 3.96. The van der Waals surface area contributed by atoms with Crippen molar-refractivity contribution in [1.82, 2.24) is 10.2 Å². The van der Waals surface area contributed by atoms with E-state index in [-0.39, 0.29) is 12.7 Å². The fraction of sp³-hybridized carbons (Fsp3) is 0.150. The lowest BCUT2D eigenvalue weighted by molar-refractivity contribution is 0.102. The molecule has 2 N–H and O–H groups in total. The third-order valence-corrected chi connectivity index (χ3v) is 4.15. The molecule has 1 aromatic heterocycles. The molecule has 0 unspecified atom stereocenters. The maximum Gasteiger partial charge on any atom is 0.256 e. The predicted octanol–water partition coefficient (Wildman–Crippen LogP) is 3.08. The summed E-state index contributed by atoms with van der Waals surface area (Å²) in [5.74, 6) is 2.77. The molecule has 3 aromatic rings. The Hall–Kier alpha value is -3.81. The number of anilines is 2. The number of benzene rings is 2. The van der Waals surface area contributed by atoms with Crippen LogP contribution >= 0.6 is 0 Å². The number of hydrogen-bond donors (Lipinski definition) is 2. The van der Waals surface area contributed by atoms with Crippen molar-refractivity contribution < 1.29 is 19.0 Å². The molecular formula is C20H18N4O4. The minimum Gasteiger partial charge on any atom is -0.497 e. The molecule has 1 amide bonds. The molecule has 0 saturated heterocycles. The molecule has 0 fully saturated rings. The maximum atomic E-state index is 12.3. The van der Waals surface area contributed by atoms with Crippen LogP contribution in [0.2, 0.25) is 0 Å². The Morgan fingerprint density at radius 3 is 2.68 bits per heavy atom. The van der Waals surface area contributed by atoms with Crippen LogP contribution in [-0.2, 0) is 6.54 Å². The first-order chi connectivity index (χ1) is 13.7. The van der Waals surface area contributed by atoms with Gasteiger partial charge in [-0.1, -0.05) is 12.1 Å². The van der Waals surface area contributed by atoms with Gasteiger partial charge in [0.2, 0.25) is 6.79 Å². The van der Waals surface area contributed by atoms with Gasteiger partial charge in [-0.2, -0.15) is 0 Å². The Balaban J connectivity index is 1.35. The van der Waals surface area contributed by atoms with Gasteiger partial charge >= 0.3 is 0 Å². The van der Waals surface area contributed by atoms with Crippen molar-refractivity contribution in [3.63, 3.8) is 0 Å². The maximum absolute atomic E-state index is 12.3. The van der Waals surface area contributed by atoms with Crippen LogP contribution in [0.25, 0.3) is 0 Å². The van der Waals surface area contributed by atoms with Crippen molar-refractivity contribution in [2.75, 3.05) is 24.5 Å². The van der Waals surface area contributed by atoms with E-state index in [1.165, 1.54) is 0 Å². The second-order valence-electron chi connectivity index (χ2n) is 6.03. The van der Waals surface area contributed by atoms with E-state index in [9.17, 15) is 4.79 Å². The molecule has 0 aliphatic carbocycles. The van der Waals surface area contributed by atoms with Crippen LogP contribution in [0.1, 0.15) is 15.9 Å². The zero-order valence-corrected chi connectivity index (χ0v) is 15.1. The first-order valence-electron chi connectivity index (χ1n) is 8.63. The van der Waals surface area contributed by atoms with E-state index in [0.717, 1.165) is 17.1 Å². The van der Waals surface area contributed by atoms with Gasteiger partial charge in [0.05, 0.1) is 7.11 Å². The molecule has 0 radical (unpaired) electrons. The molecular weight excluding hydrogens is 360 g/mol. The molecule has 8 nitrogen and oxygen atoms in total. The number of hydrogen-bond acceptors (Lipinski definition) is 7. The Bertz CT molecular complexity index is 992. The SMILES string of the molecule is COc1cccc(C(=O)Nc2ccc(NCc3ccc4c(c3)OCO4)nn2)c1. The Labute approximate surface area is 161 Å². The standard InChI is InChI=1S/C20H18N4O4/c1-26-15-4-2-3-14(10-15)20(25)22-19-8-7-18(23-24-19)21-11-13-5-6-16-17(9-13)28-12-27-16/h2-10H,11-12H2,1H3,(H,21,23)(H,22,24,25). The molecule has 1 aliphatic heterocycles. The molecule has 4 rings (SSSR count). The van der Waals surface area contributed by atoms with Crippen molar-refractivity contribution in [2.45, 2.75) is 6.54 Å². The van der Waals surface area contributed by atoms with Crippen molar-refractivity contribution in [2.24, 2.45) is 0 Å². The molecule has 28 heavy (non-hydrogen) atoms. The highest BCUT2D eigenvalue weighted by Crippen LogP contribution is 2.32. The van der Waals surface area contributed by atoms with Gasteiger partial charge in [-0.15, -0.1) is 10.2 Å². The van der Waals surface area contributed by atoms with Crippen LogP contribution in [0.3, 0.4) is 0 Å². The number of methoxy groups -OCH3 is 1. The van der Waals surface area contributed by atoms with E-state index >= 15 is 0 Å². The fourth-order valence-electron chi connectivity index (χ4n) is 2.69. The number of fused-ring (bicyclic) bond motifs is 1. The summed E-state index contributed by atoms with van der Waals surface area (Å²) in [6, 6.07) is 16.1. The van der Waals surface area contributed by atoms with Crippen LogP contribution in [-0.4, -0.2) is 30.0 Å². The molecule has 0 spiro atoms. The average Bonchev–Trinajstić information content (AvgIpc) is 3.21. The third-order valence-electron chi connectivity index (χ3n) is 4.15. The highest BCUT2D eigenvalue weighted by molar-refractivity contribution is 6.03. The van der Waals surface area contributed by atoms with E-state index in [4.69, 9.17) is 14.2 Å². The number of aromatic nitrogens is 2. The normalized spacial score (nSPS) is 11.8. The summed E-state index contributed by atoms with van der Waals surface area (Å²) in [5.41, 5.74) is 1.51. The second-order valence-corrected chi connectivity index (χ2v) is 6.03. The number of carbonyl (C=O) groups excluding carboxylic acids is 1. The first-order valence-corrected chi connectivity index (χ1v) is 8.63. The van der Waals surface area contributed by atoms with Crippen molar-refractivity contribution in [3.8, 4) is 17.2 Å². The summed E-state index contributed by atoms with van der Waals surface area (Å²) < 4.78 is 15.8. The molecule has 0 bridgehead atoms. The number of nitrogens with zero attached hydrogens (tertiary/aromatic N) is 2. The van der Waals surface area contributed by atoms with Crippen molar-refractivity contribution in [3.05, 3.63) is 65.7 Å². The Kier molecular flexibility index (Phi) is 4.92. The van der Waals surface area contributed by atoms with Gasteiger partial charge in [0.1, 0.15) is 11.6 Å². The van der Waals surface area contributed by atoms with Crippen LogP contribution in [0.5, 0.6) is 17.2 Å². The van der Waals surface area contributed by atoms with Crippen molar-refractivity contribution >= 4 is 17.5 Å². The van der Waals surface area contributed by atoms with E-state index < -0.39 is 0 Å². The molecule has 0 atom stereocenters. The zero-order valence-electron chi connectivity index (χ0n) is 15.1. The number of amides is 1. The lowest BCUT2D eigenvalue weighted by Gasteiger charge is -2.08. The fourth-order valence-corrected chi connectivity index (χ4v) is 2.69. The van der Waals surface area contributed by atoms with Crippen molar-refractivity contribution in [1.29, 1.82) is 0 Å². The van der Waals surface area contributed by atoms with Crippen LogP contribution in [0.4, 0.5) is 11.6 Å². The number of rotatable bonds is 6. The molecule has 142 valence electrons. The van der Waals surface area contributed by atoms with E-state index in [0.29, 0.717) is 29.5 Å². The topological polar surface area (TPSA) is 94.6 Å². The summed E-state index contributed by atoms with van der Waals surface area (Å²) >= 11 is 0. The first kappa shape index (κ1) is 17.6. The molecule has 0 saturated carbocycles. The highest BCUT2D eigenvalue weighted by Gasteiger charge is 2.13. The summed E-state index contributed by atoms with van der Waals surface area (Å²) in [7, 11) is 1.55. The van der Waals surface area contributed by atoms with E-state index in [2.05, 4.69) is 20.8 Å². The minimum absolute atomic E-state index is 0.251. The summed E-state index contributed by atoms with van der Waals surface area (Å²) in [6.07, 6.45) is 0. The van der Waals surface area contributed by atoms with E-state index in [1.807, 2.05) is 18.2 Å².